The fourth-order valence-electron chi connectivity index (χ4n) is 4.64. The molecule has 7 nitrogen and oxygen atoms in total. The Balaban J connectivity index is 1.67. The van der Waals surface area contributed by atoms with Crippen molar-refractivity contribution >= 4 is 50.7 Å². The second kappa shape index (κ2) is 12.9. The van der Waals surface area contributed by atoms with Gasteiger partial charge in [0.2, 0.25) is 11.8 Å². The number of amides is 2. The van der Waals surface area contributed by atoms with Gasteiger partial charge in [0, 0.05) is 22.6 Å². The molecular weight excluding hydrogens is 557 g/mol. The number of hydrogen-bond acceptors (Lipinski definition) is 4. The highest BCUT2D eigenvalue weighted by Crippen LogP contribution is 2.26. The molecule has 1 aliphatic carbocycles. The Hall–Kier alpha value is -3.07. The molecule has 3 aromatic rings. The van der Waals surface area contributed by atoms with Crippen molar-refractivity contribution in [1.82, 2.24) is 10.2 Å². The van der Waals surface area contributed by atoms with Gasteiger partial charge in [-0.15, -0.1) is 0 Å². The molecule has 0 bridgehead atoms. The van der Waals surface area contributed by atoms with Crippen molar-refractivity contribution in [3.8, 4) is 0 Å². The molecule has 1 atom stereocenters. The fraction of sp³-hybridized carbons (Fsp3) is 0.310. The number of carbonyl (C=O) groups is 2. The summed E-state index contributed by atoms with van der Waals surface area (Å²) < 4.78 is 28.6. The van der Waals surface area contributed by atoms with E-state index < -0.39 is 28.5 Å². The predicted molar refractivity (Wildman–Crippen MR) is 154 cm³/mol. The molecular formula is C29H31Cl2N3O4S. The Morgan fingerprint density at radius 3 is 2.18 bits per heavy atom. The summed E-state index contributed by atoms with van der Waals surface area (Å²) >= 11 is 12.4. The lowest BCUT2D eigenvalue weighted by atomic mass is 10.1. The minimum absolute atomic E-state index is 0.00627. The van der Waals surface area contributed by atoms with Gasteiger partial charge in [-0.1, -0.05) is 72.4 Å². The molecule has 3 aromatic carbocycles. The van der Waals surface area contributed by atoms with Crippen LogP contribution in [0, 0.1) is 0 Å². The van der Waals surface area contributed by atoms with Crippen molar-refractivity contribution in [3.05, 3.63) is 94.5 Å². The molecule has 0 unspecified atom stereocenters. The average Bonchev–Trinajstić information content (AvgIpc) is 3.44. The number of para-hydroxylation sites is 1. The summed E-state index contributed by atoms with van der Waals surface area (Å²) in [5, 5.41) is 3.89. The van der Waals surface area contributed by atoms with E-state index in [9.17, 15) is 18.0 Å². The number of sulfonamides is 1. The van der Waals surface area contributed by atoms with Crippen LogP contribution in [0.25, 0.3) is 0 Å². The van der Waals surface area contributed by atoms with Crippen LogP contribution in [0.2, 0.25) is 10.0 Å². The lowest BCUT2D eigenvalue weighted by Gasteiger charge is -2.32. The van der Waals surface area contributed by atoms with Crippen LogP contribution in [0.5, 0.6) is 0 Å². The third kappa shape index (κ3) is 7.12. The van der Waals surface area contributed by atoms with Crippen LogP contribution >= 0.6 is 23.2 Å². The zero-order valence-corrected chi connectivity index (χ0v) is 23.9. The second-order valence-corrected chi connectivity index (χ2v) is 12.3. The Bertz CT molecular complexity index is 1400. The highest BCUT2D eigenvalue weighted by atomic mass is 35.5. The smallest absolute Gasteiger partial charge is 0.264 e. The summed E-state index contributed by atoms with van der Waals surface area (Å²) in [6, 6.07) is 20.5. The zero-order chi connectivity index (χ0) is 28.0. The van der Waals surface area contributed by atoms with E-state index in [0.717, 1.165) is 30.0 Å². The first kappa shape index (κ1) is 28.9. The SMILES string of the molecule is C[C@H](C(=O)NC1CCCC1)N(Cc1ccccc1Cl)C(=O)CN(c1ccccc1)S(=O)(=O)c1ccc(Cl)cc1. The molecule has 2 amide bonds. The largest absolute Gasteiger partial charge is 0.352 e. The molecule has 1 N–H and O–H groups in total. The summed E-state index contributed by atoms with van der Waals surface area (Å²) in [5.74, 6) is -0.820. The van der Waals surface area contributed by atoms with Gasteiger partial charge in [-0.2, -0.15) is 0 Å². The summed E-state index contributed by atoms with van der Waals surface area (Å²) in [7, 11) is -4.14. The lowest BCUT2D eigenvalue weighted by molar-refractivity contribution is -0.139. The molecule has 39 heavy (non-hydrogen) atoms. The first-order valence-corrected chi connectivity index (χ1v) is 15.0. The Labute approximate surface area is 239 Å². The third-order valence-corrected chi connectivity index (χ3v) is 9.30. The van der Waals surface area contributed by atoms with Gasteiger partial charge in [0.25, 0.3) is 10.0 Å². The van der Waals surface area contributed by atoms with Gasteiger partial charge in [0.1, 0.15) is 12.6 Å². The molecule has 0 heterocycles. The van der Waals surface area contributed by atoms with Crippen molar-refractivity contribution in [3.63, 3.8) is 0 Å². The van der Waals surface area contributed by atoms with E-state index in [4.69, 9.17) is 23.2 Å². The minimum Gasteiger partial charge on any atom is -0.352 e. The number of halogens is 2. The van der Waals surface area contributed by atoms with Crippen molar-refractivity contribution in [2.45, 2.75) is 56.1 Å². The zero-order valence-electron chi connectivity index (χ0n) is 21.6. The predicted octanol–water partition coefficient (Wildman–Crippen LogP) is 5.66. The van der Waals surface area contributed by atoms with Gasteiger partial charge < -0.3 is 10.2 Å². The van der Waals surface area contributed by atoms with Crippen LogP contribution in [0.1, 0.15) is 38.2 Å². The highest BCUT2D eigenvalue weighted by Gasteiger charge is 2.33. The van der Waals surface area contributed by atoms with Crippen molar-refractivity contribution in [2.24, 2.45) is 0 Å². The van der Waals surface area contributed by atoms with E-state index in [1.165, 1.54) is 29.2 Å². The number of nitrogens with one attached hydrogen (secondary N) is 1. The van der Waals surface area contributed by atoms with Gasteiger partial charge in [-0.05, 0) is 67.8 Å². The average molecular weight is 589 g/mol. The van der Waals surface area contributed by atoms with Gasteiger partial charge in [0.15, 0.2) is 0 Å². The fourth-order valence-corrected chi connectivity index (χ4v) is 6.38. The molecule has 4 rings (SSSR count). The first-order chi connectivity index (χ1) is 18.7. The maximum Gasteiger partial charge on any atom is 0.264 e. The number of hydrogen-bond donors (Lipinski definition) is 1. The van der Waals surface area contributed by atoms with E-state index in [-0.39, 0.29) is 23.4 Å². The molecule has 0 saturated heterocycles. The standard InChI is InChI=1S/C29H31Cl2N3O4S/c1-21(29(36)32-24-10-6-7-11-24)33(19-22-9-5-8-14-27(22)31)28(35)20-34(25-12-3-2-4-13-25)39(37,38)26-17-15-23(30)16-18-26/h2-5,8-9,12-18,21,24H,6-7,10-11,19-20H2,1H3,(H,32,36)/t21-/m1/s1. The van der Waals surface area contributed by atoms with Crippen molar-refractivity contribution < 1.29 is 18.0 Å². The van der Waals surface area contributed by atoms with Gasteiger partial charge >= 0.3 is 0 Å². The van der Waals surface area contributed by atoms with Crippen LogP contribution in [0.4, 0.5) is 5.69 Å². The summed E-state index contributed by atoms with van der Waals surface area (Å²) in [5.41, 5.74) is 0.974. The van der Waals surface area contributed by atoms with Gasteiger partial charge in [-0.25, -0.2) is 8.42 Å². The van der Waals surface area contributed by atoms with E-state index in [2.05, 4.69) is 5.32 Å². The molecule has 0 radical (unpaired) electrons. The lowest BCUT2D eigenvalue weighted by Crippen LogP contribution is -2.52. The van der Waals surface area contributed by atoms with Crippen LogP contribution in [-0.4, -0.2) is 43.8 Å². The first-order valence-electron chi connectivity index (χ1n) is 12.8. The molecule has 10 heteroatoms. The second-order valence-electron chi connectivity index (χ2n) is 9.58. The normalized spacial score (nSPS) is 14.5. The number of anilines is 1. The van der Waals surface area contributed by atoms with Crippen LogP contribution < -0.4 is 9.62 Å². The Morgan fingerprint density at radius 2 is 1.54 bits per heavy atom. The number of benzene rings is 3. The molecule has 1 fully saturated rings. The van der Waals surface area contributed by atoms with E-state index in [1.54, 1.807) is 61.5 Å². The molecule has 0 spiro atoms. The molecule has 0 aromatic heterocycles. The minimum atomic E-state index is -4.14. The molecule has 206 valence electrons. The monoisotopic (exact) mass is 587 g/mol. The number of carbonyl (C=O) groups excluding carboxylic acids is 2. The van der Waals surface area contributed by atoms with E-state index >= 15 is 0 Å². The number of rotatable bonds is 10. The van der Waals surface area contributed by atoms with Crippen LogP contribution in [-0.2, 0) is 26.2 Å². The van der Waals surface area contributed by atoms with Crippen LogP contribution in [0.15, 0.2) is 83.8 Å². The summed E-state index contributed by atoms with van der Waals surface area (Å²) in [6.07, 6.45) is 3.91. The topological polar surface area (TPSA) is 86.8 Å². The van der Waals surface area contributed by atoms with Crippen molar-refractivity contribution in [1.29, 1.82) is 0 Å². The van der Waals surface area contributed by atoms with Gasteiger partial charge in [-0.3, -0.25) is 13.9 Å². The summed E-state index contributed by atoms with van der Waals surface area (Å²) in [4.78, 5) is 28.6. The van der Waals surface area contributed by atoms with Crippen molar-refractivity contribution in [2.75, 3.05) is 10.8 Å². The Kier molecular flexibility index (Phi) is 9.53. The van der Waals surface area contributed by atoms with Crippen LogP contribution in [0.3, 0.4) is 0 Å². The maximum atomic E-state index is 13.9. The number of nitrogens with zero attached hydrogens (tertiary/aromatic N) is 2. The summed E-state index contributed by atoms with van der Waals surface area (Å²) in [6.45, 7) is 1.18. The van der Waals surface area contributed by atoms with E-state index in [1.807, 2.05) is 0 Å². The third-order valence-electron chi connectivity index (χ3n) is 6.89. The van der Waals surface area contributed by atoms with E-state index in [0.29, 0.717) is 21.3 Å². The molecule has 1 aliphatic rings. The van der Waals surface area contributed by atoms with Gasteiger partial charge in [0.05, 0.1) is 10.6 Å². The molecule has 1 saturated carbocycles. The Morgan fingerprint density at radius 1 is 0.923 bits per heavy atom. The highest BCUT2D eigenvalue weighted by molar-refractivity contribution is 7.92. The quantitative estimate of drug-likeness (QED) is 0.331. The maximum absolute atomic E-state index is 13.9. The molecule has 0 aliphatic heterocycles.